The van der Waals surface area contributed by atoms with E-state index in [1.165, 1.54) is 0 Å². The van der Waals surface area contributed by atoms with E-state index in [9.17, 15) is 59.4 Å². The molecular weight excluding hydrogens is 1970 g/mol. The van der Waals surface area contributed by atoms with Gasteiger partial charge in [-0.25, -0.2) is 29.9 Å². The van der Waals surface area contributed by atoms with E-state index in [-0.39, 0.29) is 172 Å². The van der Waals surface area contributed by atoms with E-state index in [4.69, 9.17) is 30.6 Å². The molecule has 0 aliphatic rings. The number of hydrogen-bond acceptors (Lipinski definition) is 24. The molecule has 26 heteroatoms. The van der Waals surface area contributed by atoms with Crippen LogP contribution in [0.2, 0.25) is 0 Å². The predicted molar refractivity (Wildman–Crippen MR) is 506 cm³/mol. The van der Waals surface area contributed by atoms with Crippen LogP contribution in [0.15, 0.2) is 364 Å². The Morgan fingerprint density at radius 1 is 0.187 bits per heavy atom. The number of carbonyl (C=O) groups is 6. The molecule has 18 rings (SSSR count). The first-order valence-corrected chi connectivity index (χ1v) is 41.7. The zero-order valence-electron chi connectivity index (χ0n) is 73.9. The molecule has 12 aromatic carbocycles. The minimum Gasteiger partial charge on any atom is -0.545 e. The first kappa shape index (κ1) is 111. The monoisotopic (exact) mass is 2070 g/mol. The van der Waals surface area contributed by atoms with E-state index < -0.39 is 35.8 Å². The van der Waals surface area contributed by atoms with Crippen molar-refractivity contribution in [2.24, 2.45) is 0 Å². The van der Waals surface area contributed by atoms with Gasteiger partial charge in [0.15, 0.2) is 0 Å². The summed E-state index contributed by atoms with van der Waals surface area (Å²) in [6.45, 7) is 11.6. The molecule has 0 saturated carbocycles. The van der Waals surface area contributed by atoms with Crippen molar-refractivity contribution in [3.63, 3.8) is 0 Å². The molecule has 0 aliphatic heterocycles. The number of para-hydroxylation sites is 6. The van der Waals surface area contributed by atoms with Gasteiger partial charge in [0.2, 0.25) is 0 Å². The van der Waals surface area contributed by atoms with Gasteiger partial charge >= 0.3 is 98.8 Å². The van der Waals surface area contributed by atoms with Crippen LogP contribution in [0.4, 0.5) is 0 Å². The van der Waals surface area contributed by atoms with Crippen molar-refractivity contribution in [2.45, 2.75) is 41.5 Å². The maximum Gasteiger partial charge on any atom is 3.00 e. The molecular formula is C108H96Eu2N6O18. The number of aromatic nitrogens is 6. The number of hydrogen-bond donors (Lipinski definition) is 6. The molecule has 0 saturated heterocycles. The van der Waals surface area contributed by atoms with Gasteiger partial charge in [-0.1, -0.05) is 291 Å². The molecule has 6 heterocycles. The van der Waals surface area contributed by atoms with E-state index in [1.807, 2.05) is 218 Å². The summed E-state index contributed by atoms with van der Waals surface area (Å²) in [5.41, 5.74) is 14.1. The molecule has 134 heavy (non-hydrogen) atoms. The average molecular weight is 2070 g/mol. The first-order valence-electron chi connectivity index (χ1n) is 41.7. The predicted octanol–water partition coefficient (Wildman–Crippen LogP) is 13.6. The summed E-state index contributed by atoms with van der Waals surface area (Å²) < 4.78 is 0. The van der Waals surface area contributed by atoms with Crippen LogP contribution in [0.3, 0.4) is 0 Å². The molecule has 24 nitrogen and oxygen atoms in total. The largest absolute Gasteiger partial charge is 3.00 e. The van der Waals surface area contributed by atoms with Gasteiger partial charge in [0, 0.05) is 139 Å². The van der Waals surface area contributed by atoms with Crippen molar-refractivity contribution in [2.75, 3.05) is 39.6 Å². The molecule has 0 bridgehead atoms. The maximum atomic E-state index is 11.3. The summed E-state index contributed by atoms with van der Waals surface area (Å²) in [4.78, 5) is 94.5. The van der Waals surface area contributed by atoms with Gasteiger partial charge in [0.05, 0.1) is 103 Å². The Labute approximate surface area is 857 Å². The van der Waals surface area contributed by atoms with Crippen LogP contribution in [0.1, 0.15) is 104 Å². The molecule has 18 aromatic rings. The Kier molecular flexibility index (Phi) is 50.5. The van der Waals surface area contributed by atoms with Crippen molar-refractivity contribution in [3.8, 4) is 67.5 Å². The average Bonchev–Trinajstić information content (AvgIpc) is 0.822. The molecule has 0 radical (unpaired) electrons. The number of carboxylic acid groups (broad SMARTS) is 6. The molecule has 0 aliphatic carbocycles. The Morgan fingerprint density at radius 3 is 0.388 bits per heavy atom. The minimum absolute atomic E-state index is 0. The SMILES string of the molecule is CCO.CCO.CCO.CCO.CCO.CCO.O=C([O-])c1cc(-c2ccccc2)nc2ccccc12.O=C([O-])c1cc(-c2ccccc2)nc2ccccc12.O=C([O-])c1cc(-c2ccccc2)nc2ccccc12.O=C([O-])c1cc(-c2ccccc2)nc2ccccc12.O=C([O-])c1cc(-c2ccccc2)nc2ccccc12.O=C([O-])c1cc(-c2ccccc2)nc2ccccc12.[Eu+3].[Eu+3]. The summed E-state index contributed by atoms with van der Waals surface area (Å²) in [6.07, 6.45) is 0. The zero-order valence-corrected chi connectivity index (χ0v) is 78.8. The smallest absolute Gasteiger partial charge is 0.545 e. The molecule has 0 unspecified atom stereocenters. The molecule has 0 fully saturated rings. The maximum absolute atomic E-state index is 11.3. The van der Waals surface area contributed by atoms with Crippen molar-refractivity contribution in [3.05, 3.63) is 397 Å². The summed E-state index contributed by atoms with van der Waals surface area (Å²) in [7, 11) is 0. The molecule has 0 amide bonds. The number of fused-ring (bicyclic) bond motifs is 6. The van der Waals surface area contributed by atoms with Crippen LogP contribution in [0, 0.1) is 98.8 Å². The summed E-state index contributed by atoms with van der Waals surface area (Å²) in [5.74, 6) is -7.11. The van der Waals surface area contributed by atoms with E-state index in [0.717, 1.165) is 33.4 Å². The Bertz CT molecular complexity index is 5680. The van der Waals surface area contributed by atoms with Gasteiger partial charge in [-0.2, -0.15) is 0 Å². The normalized spacial score (nSPS) is 9.76. The number of rotatable bonds is 12. The minimum atomic E-state index is -1.18. The van der Waals surface area contributed by atoms with Gasteiger partial charge in [0.25, 0.3) is 0 Å². The number of pyridine rings is 6. The number of aliphatic hydroxyl groups excluding tert-OH is 6. The van der Waals surface area contributed by atoms with E-state index in [2.05, 4.69) is 29.9 Å². The van der Waals surface area contributed by atoms with Gasteiger partial charge in [-0.05, 0) is 114 Å². The third-order valence-electron chi connectivity index (χ3n) is 18.0. The number of aromatic carboxylic acids is 6. The summed E-state index contributed by atoms with van der Waals surface area (Å²) in [5, 5.41) is 117. The van der Waals surface area contributed by atoms with Crippen LogP contribution >= 0.6 is 0 Å². The fourth-order valence-electron chi connectivity index (χ4n) is 12.6. The second-order valence-electron chi connectivity index (χ2n) is 27.3. The molecule has 6 aromatic heterocycles. The number of carboxylic acids is 6. The van der Waals surface area contributed by atoms with Crippen molar-refractivity contribution >= 4 is 101 Å². The second kappa shape index (κ2) is 60.8. The number of benzene rings is 12. The van der Waals surface area contributed by atoms with Gasteiger partial charge in [0.1, 0.15) is 0 Å². The number of aliphatic hydroxyl groups is 6. The third-order valence-corrected chi connectivity index (χ3v) is 18.0. The third kappa shape index (κ3) is 33.8. The second-order valence-corrected chi connectivity index (χ2v) is 27.3. The quantitative estimate of drug-likeness (QED) is 0.0661. The first-order chi connectivity index (χ1) is 64.0. The number of carbonyl (C=O) groups excluding carboxylic acids is 6. The fourth-order valence-corrected chi connectivity index (χ4v) is 12.6. The van der Waals surface area contributed by atoms with Gasteiger partial charge < -0.3 is 90.0 Å². The molecule has 0 spiro atoms. The van der Waals surface area contributed by atoms with Gasteiger partial charge in [-0.15, -0.1) is 0 Å². The van der Waals surface area contributed by atoms with Crippen molar-refractivity contribution in [1.82, 2.24) is 29.9 Å². The van der Waals surface area contributed by atoms with E-state index in [1.54, 1.807) is 187 Å². The summed E-state index contributed by atoms with van der Waals surface area (Å²) >= 11 is 0. The topological polar surface area (TPSA) is 439 Å². The Hall–Kier alpha value is -13.2. The Morgan fingerprint density at radius 2 is 0.284 bits per heavy atom. The summed E-state index contributed by atoms with van der Waals surface area (Å²) in [6, 6.07) is 109. The van der Waals surface area contributed by atoms with Crippen LogP contribution < -0.4 is 30.6 Å². The van der Waals surface area contributed by atoms with Crippen molar-refractivity contribution < 1.29 is 189 Å². The van der Waals surface area contributed by atoms with Gasteiger partial charge in [-0.3, -0.25) is 0 Å². The Balaban J connectivity index is 0.000000273. The molecule has 0 atom stereocenters. The van der Waals surface area contributed by atoms with E-state index in [0.29, 0.717) is 99.6 Å². The zero-order chi connectivity index (χ0) is 95.7. The fraction of sp³-hybridized carbons (Fsp3) is 0.111. The number of nitrogens with zero attached hydrogens (tertiary/aromatic N) is 6. The van der Waals surface area contributed by atoms with Crippen LogP contribution in [-0.2, 0) is 0 Å². The van der Waals surface area contributed by atoms with Crippen molar-refractivity contribution in [1.29, 1.82) is 0 Å². The molecule has 6 N–H and O–H groups in total. The molecule has 680 valence electrons. The standard InChI is InChI=1S/6C16H11NO2.6C2H6O.2Eu/c6*18-16(19)13-10-15(11-6-2-1-3-7-11)17-14-9-5-4-8-12(13)14;6*1-2-3;;/h6*1-10H,(H,18,19);6*3H,2H2,1H3;;/q;;;;;;;;;;;;2*+3/p-6. The van der Waals surface area contributed by atoms with Crippen LogP contribution in [0.5, 0.6) is 0 Å². The van der Waals surface area contributed by atoms with E-state index >= 15 is 0 Å². The van der Waals surface area contributed by atoms with Crippen LogP contribution in [-0.4, -0.2) is 136 Å². The van der Waals surface area contributed by atoms with Crippen LogP contribution in [0.25, 0.3) is 133 Å².